The highest BCUT2D eigenvalue weighted by molar-refractivity contribution is 5.97. The molecule has 1 heterocycles. The Hall–Kier alpha value is -2.24. The van der Waals surface area contributed by atoms with Crippen LogP contribution in [0.4, 0.5) is 0 Å². The van der Waals surface area contributed by atoms with Crippen molar-refractivity contribution in [1.82, 2.24) is 5.32 Å². The standard InChI is InChI=1S/C16H21NO5/c1-2-3-5-12(16(19)20)17-15(18)11-6-7-13-14(10-11)22-9-4-8-21-13/h6-7,10,12H,2-5,8-9H2,1H3,(H,17,18)(H,19,20)/t12-/m0/s1. The Morgan fingerprint density at radius 3 is 2.68 bits per heavy atom. The van der Waals surface area contributed by atoms with Crippen LogP contribution in [0.3, 0.4) is 0 Å². The molecule has 0 unspecified atom stereocenters. The van der Waals surface area contributed by atoms with Crippen molar-refractivity contribution in [2.24, 2.45) is 0 Å². The zero-order valence-corrected chi connectivity index (χ0v) is 12.6. The van der Waals surface area contributed by atoms with Crippen LogP contribution in [0.15, 0.2) is 18.2 Å². The van der Waals surface area contributed by atoms with Gasteiger partial charge in [-0.3, -0.25) is 4.79 Å². The van der Waals surface area contributed by atoms with E-state index >= 15 is 0 Å². The van der Waals surface area contributed by atoms with Gasteiger partial charge in [0.2, 0.25) is 0 Å². The average molecular weight is 307 g/mol. The molecule has 1 aromatic rings. The Balaban J connectivity index is 2.08. The van der Waals surface area contributed by atoms with Crippen LogP contribution in [0.2, 0.25) is 0 Å². The molecule has 0 spiro atoms. The van der Waals surface area contributed by atoms with Gasteiger partial charge in [0.15, 0.2) is 11.5 Å². The molecule has 0 saturated carbocycles. The van der Waals surface area contributed by atoms with Crippen molar-refractivity contribution < 1.29 is 24.2 Å². The first kappa shape index (κ1) is 16.1. The van der Waals surface area contributed by atoms with Gasteiger partial charge < -0.3 is 19.9 Å². The van der Waals surface area contributed by atoms with Crippen molar-refractivity contribution in [3.63, 3.8) is 0 Å². The fourth-order valence-electron chi connectivity index (χ4n) is 2.21. The van der Waals surface area contributed by atoms with Crippen molar-refractivity contribution >= 4 is 11.9 Å². The van der Waals surface area contributed by atoms with E-state index in [0.717, 1.165) is 19.3 Å². The van der Waals surface area contributed by atoms with Gasteiger partial charge in [0.25, 0.3) is 5.91 Å². The van der Waals surface area contributed by atoms with E-state index in [-0.39, 0.29) is 0 Å². The van der Waals surface area contributed by atoms with E-state index in [2.05, 4.69) is 5.32 Å². The lowest BCUT2D eigenvalue weighted by molar-refractivity contribution is -0.139. The number of carbonyl (C=O) groups excluding carboxylic acids is 1. The summed E-state index contributed by atoms with van der Waals surface area (Å²) in [4.78, 5) is 23.4. The number of hydrogen-bond acceptors (Lipinski definition) is 4. The number of carbonyl (C=O) groups is 2. The molecule has 0 saturated heterocycles. The second kappa shape index (κ2) is 7.68. The first-order chi connectivity index (χ1) is 10.6. The van der Waals surface area contributed by atoms with E-state index in [4.69, 9.17) is 14.6 Å². The summed E-state index contributed by atoms with van der Waals surface area (Å²) in [6.45, 7) is 3.09. The number of nitrogens with one attached hydrogen (secondary N) is 1. The highest BCUT2D eigenvalue weighted by Crippen LogP contribution is 2.30. The van der Waals surface area contributed by atoms with E-state index in [1.807, 2.05) is 6.92 Å². The van der Waals surface area contributed by atoms with Crippen LogP contribution in [-0.2, 0) is 4.79 Å². The molecule has 1 aromatic carbocycles. The monoisotopic (exact) mass is 307 g/mol. The first-order valence-corrected chi connectivity index (χ1v) is 7.55. The summed E-state index contributed by atoms with van der Waals surface area (Å²) >= 11 is 0. The third-order valence-corrected chi connectivity index (χ3v) is 3.46. The van der Waals surface area contributed by atoms with E-state index < -0.39 is 17.9 Å². The summed E-state index contributed by atoms with van der Waals surface area (Å²) in [5.41, 5.74) is 0.368. The lowest BCUT2D eigenvalue weighted by atomic mass is 10.1. The van der Waals surface area contributed by atoms with E-state index in [9.17, 15) is 9.59 Å². The molecule has 2 rings (SSSR count). The molecule has 1 amide bonds. The second-order valence-electron chi connectivity index (χ2n) is 5.22. The fourth-order valence-corrected chi connectivity index (χ4v) is 2.21. The molecule has 22 heavy (non-hydrogen) atoms. The number of hydrogen-bond donors (Lipinski definition) is 2. The van der Waals surface area contributed by atoms with Crippen LogP contribution in [0.5, 0.6) is 11.5 Å². The third kappa shape index (κ3) is 4.13. The molecule has 1 aliphatic rings. The van der Waals surface area contributed by atoms with Gasteiger partial charge in [-0.15, -0.1) is 0 Å². The van der Waals surface area contributed by atoms with E-state index in [0.29, 0.717) is 36.7 Å². The highest BCUT2D eigenvalue weighted by atomic mass is 16.5. The lowest BCUT2D eigenvalue weighted by Crippen LogP contribution is -2.40. The van der Waals surface area contributed by atoms with Crippen molar-refractivity contribution in [3.05, 3.63) is 23.8 Å². The van der Waals surface area contributed by atoms with Gasteiger partial charge in [-0.25, -0.2) is 4.79 Å². The molecular weight excluding hydrogens is 286 g/mol. The zero-order chi connectivity index (χ0) is 15.9. The van der Waals surface area contributed by atoms with Crippen LogP contribution in [0.1, 0.15) is 43.0 Å². The minimum absolute atomic E-state index is 0.368. The average Bonchev–Trinajstić information content (AvgIpc) is 2.75. The van der Waals surface area contributed by atoms with Crippen LogP contribution in [0, 0.1) is 0 Å². The maximum absolute atomic E-state index is 12.2. The van der Waals surface area contributed by atoms with Gasteiger partial charge in [-0.05, 0) is 24.6 Å². The largest absolute Gasteiger partial charge is 0.490 e. The summed E-state index contributed by atoms with van der Waals surface area (Å²) < 4.78 is 11.0. The molecule has 0 aromatic heterocycles. The molecule has 1 atom stereocenters. The van der Waals surface area contributed by atoms with E-state index in [1.54, 1.807) is 18.2 Å². The van der Waals surface area contributed by atoms with Gasteiger partial charge >= 0.3 is 5.97 Å². The molecule has 120 valence electrons. The molecule has 2 N–H and O–H groups in total. The van der Waals surface area contributed by atoms with Gasteiger partial charge in [0.1, 0.15) is 6.04 Å². The van der Waals surface area contributed by atoms with Crippen molar-refractivity contribution in [3.8, 4) is 11.5 Å². The van der Waals surface area contributed by atoms with Gasteiger partial charge in [0, 0.05) is 12.0 Å². The molecule has 0 fully saturated rings. The summed E-state index contributed by atoms with van der Waals surface area (Å²) in [6, 6.07) is 4.01. The van der Waals surface area contributed by atoms with Crippen molar-refractivity contribution in [2.45, 2.75) is 38.6 Å². The minimum Gasteiger partial charge on any atom is -0.490 e. The Bertz CT molecular complexity index is 543. The van der Waals surface area contributed by atoms with Gasteiger partial charge in [-0.1, -0.05) is 19.8 Å². The maximum atomic E-state index is 12.2. The Kier molecular flexibility index (Phi) is 5.63. The van der Waals surface area contributed by atoms with Gasteiger partial charge in [-0.2, -0.15) is 0 Å². The Morgan fingerprint density at radius 2 is 2.00 bits per heavy atom. The lowest BCUT2D eigenvalue weighted by Gasteiger charge is -2.15. The fraction of sp³-hybridized carbons (Fsp3) is 0.500. The SMILES string of the molecule is CCCC[C@H](NC(=O)c1ccc2c(c1)OCCCO2)C(=O)O. The summed E-state index contributed by atoms with van der Waals surface area (Å²) in [5.74, 6) is -0.310. The normalized spacial score (nSPS) is 14.8. The first-order valence-electron chi connectivity index (χ1n) is 7.55. The predicted octanol–water partition coefficient (Wildman–Crippen LogP) is 2.22. The van der Waals surface area contributed by atoms with Crippen LogP contribution < -0.4 is 14.8 Å². The smallest absolute Gasteiger partial charge is 0.326 e. The molecule has 6 nitrogen and oxygen atoms in total. The number of carboxylic acids is 1. The quantitative estimate of drug-likeness (QED) is 0.842. The number of fused-ring (bicyclic) bond motifs is 1. The Morgan fingerprint density at radius 1 is 1.27 bits per heavy atom. The zero-order valence-electron chi connectivity index (χ0n) is 12.6. The summed E-state index contributed by atoms with van der Waals surface area (Å²) in [6.07, 6.45) is 2.83. The van der Waals surface area contributed by atoms with Gasteiger partial charge in [0.05, 0.1) is 13.2 Å². The van der Waals surface area contributed by atoms with Crippen LogP contribution >= 0.6 is 0 Å². The number of amides is 1. The number of aliphatic carboxylic acids is 1. The molecule has 1 aliphatic heterocycles. The number of benzene rings is 1. The Labute approximate surface area is 129 Å². The van der Waals surface area contributed by atoms with Crippen molar-refractivity contribution in [1.29, 1.82) is 0 Å². The summed E-state index contributed by atoms with van der Waals surface area (Å²) in [5, 5.41) is 11.7. The second-order valence-corrected chi connectivity index (χ2v) is 5.22. The molecular formula is C16H21NO5. The molecule has 0 bridgehead atoms. The number of ether oxygens (including phenoxy) is 2. The number of unbranched alkanes of at least 4 members (excludes halogenated alkanes) is 1. The van der Waals surface area contributed by atoms with Crippen LogP contribution in [-0.4, -0.2) is 36.2 Å². The summed E-state index contributed by atoms with van der Waals surface area (Å²) in [7, 11) is 0. The topological polar surface area (TPSA) is 84.9 Å². The van der Waals surface area contributed by atoms with Crippen molar-refractivity contribution in [2.75, 3.05) is 13.2 Å². The molecule has 0 radical (unpaired) electrons. The molecule has 0 aliphatic carbocycles. The number of rotatable bonds is 6. The predicted molar refractivity (Wildman–Crippen MR) is 80.5 cm³/mol. The highest BCUT2D eigenvalue weighted by Gasteiger charge is 2.21. The van der Waals surface area contributed by atoms with E-state index in [1.165, 1.54) is 0 Å². The number of carboxylic acid groups (broad SMARTS) is 1. The molecule has 6 heteroatoms. The minimum atomic E-state index is -1.02. The maximum Gasteiger partial charge on any atom is 0.326 e. The third-order valence-electron chi connectivity index (χ3n) is 3.46. The van der Waals surface area contributed by atoms with Crippen LogP contribution in [0.25, 0.3) is 0 Å².